The second-order valence-electron chi connectivity index (χ2n) is 4.47. The van der Waals surface area contributed by atoms with Gasteiger partial charge in [-0.15, -0.1) is 11.8 Å². The monoisotopic (exact) mass is 261 g/mol. The SMILES string of the molecule is Cc1cccc(CSC(CN)c2cnn(C)c2)c1. The molecular formula is C14H19N3S. The maximum absolute atomic E-state index is 5.85. The molecule has 4 heteroatoms. The fourth-order valence-electron chi connectivity index (χ4n) is 1.91. The summed E-state index contributed by atoms with van der Waals surface area (Å²) >= 11 is 1.87. The van der Waals surface area contributed by atoms with Crippen LogP contribution >= 0.6 is 11.8 Å². The molecule has 0 aliphatic carbocycles. The van der Waals surface area contributed by atoms with Gasteiger partial charge in [0, 0.05) is 36.4 Å². The summed E-state index contributed by atoms with van der Waals surface area (Å²) in [5, 5.41) is 4.52. The van der Waals surface area contributed by atoms with E-state index in [9.17, 15) is 0 Å². The minimum absolute atomic E-state index is 0.319. The van der Waals surface area contributed by atoms with Crippen molar-refractivity contribution in [3.63, 3.8) is 0 Å². The molecule has 0 aliphatic rings. The average Bonchev–Trinajstić information content (AvgIpc) is 2.77. The quantitative estimate of drug-likeness (QED) is 0.900. The molecule has 0 bridgehead atoms. The summed E-state index contributed by atoms with van der Waals surface area (Å²) in [6.45, 7) is 2.76. The topological polar surface area (TPSA) is 43.8 Å². The van der Waals surface area contributed by atoms with Crippen LogP contribution in [0.3, 0.4) is 0 Å². The Morgan fingerprint density at radius 2 is 2.28 bits per heavy atom. The predicted octanol–water partition coefficient (Wildman–Crippen LogP) is 2.66. The zero-order chi connectivity index (χ0) is 13.0. The van der Waals surface area contributed by atoms with Crippen LogP contribution in [0.2, 0.25) is 0 Å². The number of hydrogen-bond donors (Lipinski definition) is 1. The second-order valence-corrected chi connectivity index (χ2v) is 5.66. The summed E-state index contributed by atoms with van der Waals surface area (Å²) in [5.74, 6) is 0.985. The molecule has 18 heavy (non-hydrogen) atoms. The Bertz CT molecular complexity index is 507. The van der Waals surface area contributed by atoms with Crippen LogP contribution in [0.5, 0.6) is 0 Å². The molecule has 96 valence electrons. The van der Waals surface area contributed by atoms with Gasteiger partial charge in [-0.3, -0.25) is 4.68 Å². The number of aryl methyl sites for hydroxylation is 2. The molecule has 0 saturated carbocycles. The number of rotatable bonds is 5. The van der Waals surface area contributed by atoms with Gasteiger partial charge >= 0.3 is 0 Å². The summed E-state index contributed by atoms with van der Waals surface area (Å²) in [7, 11) is 1.93. The highest BCUT2D eigenvalue weighted by Crippen LogP contribution is 2.30. The van der Waals surface area contributed by atoms with Crippen LogP contribution in [0.25, 0.3) is 0 Å². The molecule has 0 fully saturated rings. The molecule has 0 aliphatic heterocycles. The van der Waals surface area contributed by atoms with Gasteiger partial charge in [-0.1, -0.05) is 29.8 Å². The molecular weight excluding hydrogens is 242 g/mol. The van der Waals surface area contributed by atoms with Crippen LogP contribution < -0.4 is 5.73 Å². The molecule has 2 N–H and O–H groups in total. The average molecular weight is 261 g/mol. The molecule has 2 rings (SSSR count). The van der Waals surface area contributed by atoms with Crippen molar-refractivity contribution in [2.24, 2.45) is 12.8 Å². The molecule has 1 unspecified atom stereocenters. The number of hydrogen-bond acceptors (Lipinski definition) is 3. The molecule has 1 heterocycles. The molecule has 0 amide bonds. The maximum atomic E-state index is 5.85. The van der Waals surface area contributed by atoms with E-state index in [4.69, 9.17) is 5.73 Å². The summed E-state index contributed by atoms with van der Waals surface area (Å²) in [4.78, 5) is 0. The second kappa shape index (κ2) is 6.07. The molecule has 1 aromatic carbocycles. The van der Waals surface area contributed by atoms with Crippen molar-refractivity contribution in [2.75, 3.05) is 6.54 Å². The normalized spacial score (nSPS) is 12.6. The van der Waals surface area contributed by atoms with Crippen LogP contribution in [0, 0.1) is 6.92 Å². The van der Waals surface area contributed by atoms with Crippen molar-refractivity contribution in [2.45, 2.75) is 17.9 Å². The number of nitrogens with two attached hydrogens (primary N) is 1. The van der Waals surface area contributed by atoms with Crippen LogP contribution in [0.15, 0.2) is 36.7 Å². The van der Waals surface area contributed by atoms with Crippen molar-refractivity contribution in [1.29, 1.82) is 0 Å². The third kappa shape index (κ3) is 3.37. The lowest BCUT2D eigenvalue weighted by Crippen LogP contribution is -2.09. The van der Waals surface area contributed by atoms with Crippen molar-refractivity contribution < 1.29 is 0 Å². The summed E-state index contributed by atoms with van der Waals surface area (Å²) in [6, 6.07) is 8.61. The van der Waals surface area contributed by atoms with Crippen LogP contribution in [0.1, 0.15) is 21.9 Å². The predicted molar refractivity (Wildman–Crippen MR) is 77.5 cm³/mol. The zero-order valence-corrected chi connectivity index (χ0v) is 11.7. The highest BCUT2D eigenvalue weighted by atomic mass is 32.2. The van der Waals surface area contributed by atoms with E-state index < -0.39 is 0 Å². The van der Waals surface area contributed by atoms with Gasteiger partial charge in [0.2, 0.25) is 0 Å². The first-order chi connectivity index (χ1) is 8.69. The lowest BCUT2D eigenvalue weighted by molar-refractivity contribution is 0.766. The van der Waals surface area contributed by atoms with E-state index in [1.807, 2.05) is 35.9 Å². The molecule has 0 radical (unpaired) electrons. The number of aromatic nitrogens is 2. The molecule has 1 aromatic heterocycles. The van der Waals surface area contributed by atoms with Gasteiger partial charge in [-0.25, -0.2) is 0 Å². The van der Waals surface area contributed by atoms with Gasteiger partial charge in [0.25, 0.3) is 0 Å². The summed E-state index contributed by atoms with van der Waals surface area (Å²) in [6.07, 6.45) is 3.95. The Hall–Kier alpha value is -1.26. The molecule has 0 spiro atoms. The first kappa shape index (κ1) is 13.2. The zero-order valence-electron chi connectivity index (χ0n) is 10.8. The van der Waals surface area contributed by atoms with E-state index >= 15 is 0 Å². The van der Waals surface area contributed by atoms with E-state index in [1.165, 1.54) is 16.7 Å². The van der Waals surface area contributed by atoms with Gasteiger partial charge in [0.05, 0.1) is 6.20 Å². The van der Waals surface area contributed by atoms with Gasteiger partial charge in [-0.05, 0) is 12.5 Å². The first-order valence-corrected chi connectivity index (χ1v) is 7.09. The Balaban J connectivity index is 1.99. The maximum Gasteiger partial charge on any atom is 0.0533 e. The lowest BCUT2D eigenvalue weighted by atomic mass is 10.2. The van der Waals surface area contributed by atoms with Crippen molar-refractivity contribution in [3.05, 3.63) is 53.3 Å². The van der Waals surface area contributed by atoms with Gasteiger partial charge < -0.3 is 5.73 Å². The van der Waals surface area contributed by atoms with E-state index in [1.54, 1.807) is 0 Å². The van der Waals surface area contributed by atoms with Crippen molar-refractivity contribution >= 4 is 11.8 Å². The van der Waals surface area contributed by atoms with Gasteiger partial charge in [0.1, 0.15) is 0 Å². The smallest absolute Gasteiger partial charge is 0.0533 e. The van der Waals surface area contributed by atoms with Crippen molar-refractivity contribution in [3.8, 4) is 0 Å². The molecule has 3 nitrogen and oxygen atoms in total. The summed E-state index contributed by atoms with van der Waals surface area (Å²) in [5.41, 5.74) is 9.71. The van der Waals surface area contributed by atoms with Crippen molar-refractivity contribution in [1.82, 2.24) is 9.78 Å². The third-order valence-corrected chi connectivity index (χ3v) is 4.21. The molecule has 1 atom stereocenters. The van der Waals surface area contributed by atoms with E-state index in [0.717, 1.165) is 5.75 Å². The minimum atomic E-state index is 0.319. The number of benzene rings is 1. The Kier molecular flexibility index (Phi) is 4.44. The lowest BCUT2D eigenvalue weighted by Gasteiger charge is -2.12. The van der Waals surface area contributed by atoms with Gasteiger partial charge in [0.15, 0.2) is 0 Å². The van der Waals surface area contributed by atoms with Crippen LogP contribution in [-0.2, 0) is 12.8 Å². The standard InChI is InChI=1S/C14H19N3S/c1-11-4-3-5-12(6-11)10-18-14(7-15)13-8-16-17(2)9-13/h3-6,8-9,14H,7,10,15H2,1-2H3. The third-order valence-electron chi connectivity index (χ3n) is 2.84. The largest absolute Gasteiger partial charge is 0.329 e. The van der Waals surface area contributed by atoms with E-state index in [-0.39, 0.29) is 0 Å². The summed E-state index contributed by atoms with van der Waals surface area (Å²) < 4.78 is 1.82. The Morgan fingerprint density at radius 3 is 2.89 bits per heavy atom. The Morgan fingerprint density at radius 1 is 1.44 bits per heavy atom. The highest BCUT2D eigenvalue weighted by Gasteiger charge is 2.12. The highest BCUT2D eigenvalue weighted by molar-refractivity contribution is 7.98. The first-order valence-electron chi connectivity index (χ1n) is 6.05. The Labute approximate surface area is 112 Å². The van der Waals surface area contributed by atoms with E-state index in [2.05, 4.69) is 36.3 Å². The van der Waals surface area contributed by atoms with Crippen LogP contribution in [0.4, 0.5) is 0 Å². The minimum Gasteiger partial charge on any atom is -0.329 e. The fraction of sp³-hybridized carbons (Fsp3) is 0.357. The van der Waals surface area contributed by atoms with Crippen LogP contribution in [-0.4, -0.2) is 16.3 Å². The van der Waals surface area contributed by atoms with E-state index in [0.29, 0.717) is 11.8 Å². The van der Waals surface area contributed by atoms with Gasteiger partial charge in [-0.2, -0.15) is 5.10 Å². The number of nitrogens with zero attached hydrogens (tertiary/aromatic N) is 2. The fourth-order valence-corrected chi connectivity index (χ4v) is 2.93. The number of thioether (sulfide) groups is 1. The molecule has 2 aromatic rings. The molecule has 0 saturated heterocycles.